The number of hydrogen-bond donors (Lipinski definition) is 2. The summed E-state index contributed by atoms with van der Waals surface area (Å²) in [6.07, 6.45) is -2.97. The minimum atomic E-state index is -4.39. The van der Waals surface area contributed by atoms with E-state index in [-0.39, 0.29) is 18.4 Å². The Morgan fingerprint density at radius 1 is 1.22 bits per heavy atom. The van der Waals surface area contributed by atoms with Gasteiger partial charge >= 0.3 is 6.18 Å². The molecule has 2 fully saturated rings. The molecular formula is C19H25F3N2O3. The first-order valence-electron chi connectivity index (χ1n) is 9.22. The fourth-order valence-corrected chi connectivity index (χ4v) is 3.67. The maximum atomic E-state index is 13.1. The Bertz CT molecular complexity index is 639. The fraction of sp³-hybridized carbons (Fsp3) is 0.632. The van der Waals surface area contributed by atoms with Crippen molar-refractivity contribution < 1.29 is 27.4 Å². The van der Waals surface area contributed by atoms with E-state index in [0.717, 1.165) is 6.07 Å². The minimum absolute atomic E-state index is 0.0297. The third-order valence-electron chi connectivity index (χ3n) is 5.31. The van der Waals surface area contributed by atoms with Crippen molar-refractivity contribution in [3.8, 4) is 0 Å². The van der Waals surface area contributed by atoms with E-state index in [4.69, 9.17) is 9.47 Å². The molecule has 2 heterocycles. The monoisotopic (exact) mass is 386 g/mol. The molecule has 1 aromatic carbocycles. The number of morpholine rings is 1. The number of carbonyl (C=O) groups excluding carboxylic acids is 1. The highest BCUT2D eigenvalue weighted by molar-refractivity contribution is 5.76. The van der Waals surface area contributed by atoms with Gasteiger partial charge in [-0.2, -0.15) is 13.2 Å². The number of ether oxygens (including phenoxy) is 2. The lowest BCUT2D eigenvalue weighted by Gasteiger charge is -2.38. The summed E-state index contributed by atoms with van der Waals surface area (Å²) in [7, 11) is 0. The second-order valence-electron chi connectivity index (χ2n) is 7.18. The lowest BCUT2D eigenvalue weighted by molar-refractivity contribution is -0.137. The number of nitrogens with one attached hydrogen (secondary N) is 2. The summed E-state index contributed by atoms with van der Waals surface area (Å²) in [5.74, 6) is -0.129. The van der Waals surface area contributed by atoms with Gasteiger partial charge in [0.1, 0.15) is 0 Å². The normalized spacial score (nSPS) is 23.0. The predicted octanol–water partition coefficient (Wildman–Crippen LogP) is 2.25. The van der Waals surface area contributed by atoms with Crippen LogP contribution >= 0.6 is 0 Å². The standard InChI is InChI=1S/C19H25F3N2O3/c20-19(21,22)15-3-1-2-14(10-15)18(4-7-26-8-5-18)13-24-17(25)11-16-12-27-9-6-23-16/h1-3,10,16,23H,4-9,11-13H2,(H,24,25). The van der Waals surface area contributed by atoms with Gasteiger partial charge in [-0.3, -0.25) is 4.79 Å². The van der Waals surface area contributed by atoms with Crippen LogP contribution in [0.2, 0.25) is 0 Å². The number of carbonyl (C=O) groups is 1. The highest BCUT2D eigenvalue weighted by atomic mass is 19.4. The van der Waals surface area contributed by atoms with Crippen molar-refractivity contribution in [2.24, 2.45) is 0 Å². The lowest BCUT2D eigenvalue weighted by Crippen LogP contribution is -2.48. The quantitative estimate of drug-likeness (QED) is 0.815. The van der Waals surface area contributed by atoms with Crippen molar-refractivity contribution >= 4 is 5.91 Å². The molecule has 0 aromatic heterocycles. The van der Waals surface area contributed by atoms with Crippen molar-refractivity contribution in [1.82, 2.24) is 10.6 Å². The van der Waals surface area contributed by atoms with Crippen molar-refractivity contribution in [1.29, 1.82) is 0 Å². The Balaban J connectivity index is 1.70. The van der Waals surface area contributed by atoms with Crippen LogP contribution in [0.15, 0.2) is 24.3 Å². The molecular weight excluding hydrogens is 361 g/mol. The molecule has 150 valence electrons. The van der Waals surface area contributed by atoms with Crippen LogP contribution in [-0.2, 0) is 25.9 Å². The van der Waals surface area contributed by atoms with E-state index in [9.17, 15) is 18.0 Å². The zero-order valence-corrected chi connectivity index (χ0v) is 15.1. The Hall–Kier alpha value is -1.64. The molecule has 27 heavy (non-hydrogen) atoms. The van der Waals surface area contributed by atoms with Crippen LogP contribution < -0.4 is 10.6 Å². The molecule has 0 spiro atoms. The summed E-state index contributed by atoms with van der Waals surface area (Å²) in [5, 5.41) is 6.15. The molecule has 0 radical (unpaired) electrons. The molecule has 8 heteroatoms. The highest BCUT2D eigenvalue weighted by Gasteiger charge is 2.37. The minimum Gasteiger partial charge on any atom is -0.381 e. The van der Waals surface area contributed by atoms with Gasteiger partial charge in [-0.1, -0.05) is 18.2 Å². The van der Waals surface area contributed by atoms with Crippen LogP contribution in [0.5, 0.6) is 0 Å². The van der Waals surface area contributed by atoms with Gasteiger partial charge in [-0.05, 0) is 24.5 Å². The molecule has 0 bridgehead atoms. The maximum Gasteiger partial charge on any atom is 0.416 e. The molecule has 2 aliphatic heterocycles. The SMILES string of the molecule is O=C(CC1COCCN1)NCC1(c2cccc(C(F)(F)F)c2)CCOCC1. The summed E-state index contributed by atoms with van der Waals surface area (Å²) >= 11 is 0. The van der Waals surface area contributed by atoms with E-state index in [0.29, 0.717) is 57.9 Å². The largest absolute Gasteiger partial charge is 0.416 e. The van der Waals surface area contributed by atoms with Crippen molar-refractivity contribution in [2.45, 2.75) is 36.9 Å². The Morgan fingerprint density at radius 3 is 2.67 bits per heavy atom. The first-order valence-corrected chi connectivity index (χ1v) is 9.22. The van der Waals surface area contributed by atoms with Gasteiger partial charge in [-0.15, -0.1) is 0 Å². The van der Waals surface area contributed by atoms with E-state index < -0.39 is 17.2 Å². The maximum absolute atomic E-state index is 13.1. The highest BCUT2D eigenvalue weighted by Crippen LogP contribution is 2.37. The molecule has 1 amide bonds. The number of benzene rings is 1. The van der Waals surface area contributed by atoms with Crippen LogP contribution in [-0.4, -0.2) is 51.5 Å². The summed E-state index contributed by atoms with van der Waals surface area (Å²) in [6.45, 7) is 3.05. The lowest BCUT2D eigenvalue weighted by atomic mass is 9.73. The zero-order valence-electron chi connectivity index (χ0n) is 15.1. The first-order chi connectivity index (χ1) is 12.9. The van der Waals surface area contributed by atoms with Crippen LogP contribution in [0.4, 0.5) is 13.2 Å². The molecule has 1 atom stereocenters. The second-order valence-corrected chi connectivity index (χ2v) is 7.18. The number of amides is 1. The number of hydrogen-bond acceptors (Lipinski definition) is 4. The molecule has 0 aliphatic carbocycles. The average Bonchev–Trinajstić information content (AvgIpc) is 2.67. The van der Waals surface area contributed by atoms with Gasteiger partial charge in [-0.25, -0.2) is 0 Å². The topological polar surface area (TPSA) is 59.6 Å². The molecule has 1 aromatic rings. The van der Waals surface area contributed by atoms with E-state index in [1.807, 2.05) is 0 Å². The summed E-state index contributed by atoms with van der Waals surface area (Å²) in [4.78, 5) is 12.3. The van der Waals surface area contributed by atoms with E-state index in [1.165, 1.54) is 12.1 Å². The van der Waals surface area contributed by atoms with Crippen molar-refractivity contribution in [3.05, 3.63) is 35.4 Å². The summed E-state index contributed by atoms with van der Waals surface area (Å²) < 4.78 is 50.1. The van der Waals surface area contributed by atoms with Crippen LogP contribution in [0.25, 0.3) is 0 Å². The fourth-order valence-electron chi connectivity index (χ4n) is 3.67. The van der Waals surface area contributed by atoms with Crippen LogP contribution in [0.1, 0.15) is 30.4 Å². The average molecular weight is 386 g/mol. The first kappa shape index (κ1) is 20.1. The molecule has 3 rings (SSSR count). The predicted molar refractivity (Wildman–Crippen MR) is 93.4 cm³/mol. The van der Waals surface area contributed by atoms with Crippen molar-refractivity contribution in [3.63, 3.8) is 0 Å². The van der Waals surface area contributed by atoms with E-state index >= 15 is 0 Å². The Morgan fingerprint density at radius 2 is 2.00 bits per heavy atom. The number of rotatable bonds is 5. The molecule has 2 N–H and O–H groups in total. The van der Waals surface area contributed by atoms with Gasteiger partial charge in [0, 0.05) is 44.2 Å². The van der Waals surface area contributed by atoms with Crippen LogP contribution in [0, 0.1) is 0 Å². The smallest absolute Gasteiger partial charge is 0.381 e. The number of alkyl halides is 3. The van der Waals surface area contributed by atoms with E-state index in [1.54, 1.807) is 6.07 Å². The second kappa shape index (κ2) is 8.58. The zero-order chi connectivity index (χ0) is 19.3. The third-order valence-corrected chi connectivity index (χ3v) is 5.31. The third kappa shape index (κ3) is 5.21. The molecule has 2 aliphatic rings. The van der Waals surface area contributed by atoms with Gasteiger partial charge in [0.25, 0.3) is 0 Å². The van der Waals surface area contributed by atoms with Gasteiger partial charge in [0.15, 0.2) is 0 Å². The molecule has 0 saturated carbocycles. The summed E-state index contributed by atoms with van der Waals surface area (Å²) in [5.41, 5.74) is -0.619. The number of halogens is 3. The molecule has 2 saturated heterocycles. The van der Waals surface area contributed by atoms with E-state index in [2.05, 4.69) is 10.6 Å². The van der Waals surface area contributed by atoms with Gasteiger partial charge < -0.3 is 20.1 Å². The Labute approximate surface area is 156 Å². The van der Waals surface area contributed by atoms with Gasteiger partial charge in [0.2, 0.25) is 5.91 Å². The van der Waals surface area contributed by atoms with Crippen molar-refractivity contribution in [2.75, 3.05) is 39.5 Å². The molecule has 5 nitrogen and oxygen atoms in total. The van der Waals surface area contributed by atoms with Crippen LogP contribution in [0.3, 0.4) is 0 Å². The Kier molecular flexibility index (Phi) is 6.39. The van der Waals surface area contributed by atoms with Gasteiger partial charge in [0.05, 0.1) is 18.8 Å². The summed E-state index contributed by atoms with van der Waals surface area (Å²) in [6, 6.07) is 5.39. The molecule has 1 unspecified atom stereocenters.